The van der Waals surface area contributed by atoms with E-state index in [2.05, 4.69) is 52.7 Å². The molecule has 1 unspecified atom stereocenters. The van der Waals surface area contributed by atoms with Crippen molar-refractivity contribution in [3.8, 4) is 0 Å². The number of hydrogen-bond acceptors (Lipinski definition) is 17. The summed E-state index contributed by atoms with van der Waals surface area (Å²) in [6.45, 7) is 6.81. The van der Waals surface area contributed by atoms with Crippen LogP contribution in [0.1, 0.15) is 367 Å². The van der Waals surface area contributed by atoms with Crippen molar-refractivity contribution in [2.75, 3.05) is 50.9 Å². The Kier molecular flexibility index (Phi) is 70.3. The lowest BCUT2D eigenvalue weighted by atomic mass is 10.0. The summed E-state index contributed by atoms with van der Waals surface area (Å²) < 4.78 is 11.8. The number of esters is 2. The number of carboxylic acid groups (broad SMARTS) is 1. The molecular formula is C81H156N10O13S. The van der Waals surface area contributed by atoms with Crippen molar-refractivity contribution in [3.63, 3.8) is 0 Å². The Hall–Kier alpha value is -4.62. The number of unbranched alkanes of at least 4 members (excludes halogenated alkanes) is 40. The lowest BCUT2D eigenvalue weighted by Gasteiger charge is -2.27. The molecule has 0 saturated heterocycles. The van der Waals surface area contributed by atoms with Gasteiger partial charge in [-0.2, -0.15) is 11.8 Å². The van der Waals surface area contributed by atoms with Crippen LogP contribution in [-0.4, -0.2) is 157 Å². The van der Waals surface area contributed by atoms with Crippen molar-refractivity contribution in [2.45, 2.75) is 410 Å². The molecule has 614 valence electrons. The van der Waals surface area contributed by atoms with E-state index >= 15 is 0 Å². The van der Waals surface area contributed by atoms with Gasteiger partial charge in [-0.25, -0.2) is 4.79 Å². The predicted octanol–water partition coefficient (Wildman–Crippen LogP) is 13.1. The van der Waals surface area contributed by atoms with Crippen LogP contribution in [0.2, 0.25) is 0 Å². The van der Waals surface area contributed by atoms with Gasteiger partial charge in [-0.3, -0.25) is 38.4 Å². The van der Waals surface area contributed by atoms with E-state index in [9.17, 15) is 53.4 Å². The number of nitrogens with two attached hydrogens (primary N) is 4. The average Bonchev–Trinajstić information content (AvgIpc) is 0.864. The zero-order valence-corrected chi connectivity index (χ0v) is 67.3. The summed E-state index contributed by atoms with van der Waals surface area (Å²) in [5, 5.41) is 36.9. The second-order valence-electron chi connectivity index (χ2n) is 29.4. The third kappa shape index (κ3) is 59.9. The smallest absolute Gasteiger partial charge is 0.326 e. The number of thioether (sulfide) groups is 1. The molecule has 6 amide bonds. The number of aliphatic hydroxyl groups excluding tert-OH is 1. The molecule has 0 aliphatic rings. The first-order chi connectivity index (χ1) is 51.0. The minimum Gasteiger partial charge on any atom is -0.480 e. The van der Waals surface area contributed by atoms with Crippen LogP contribution in [0.4, 0.5) is 0 Å². The van der Waals surface area contributed by atoms with Crippen molar-refractivity contribution >= 4 is 65.1 Å². The number of hydrogen-bond donors (Lipinski definition) is 12. The Balaban J connectivity index is 6.62. The summed E-state index contributed by atoms with van der Waals surface area (Å²) in [7, 11) is 0. The van der Waals surface area contributed by atoms with Gasteiger partial charge >= 0.3 is 17.9 Å². The second-order valence-corrected chi connectivity index (χ2v) is 30.5. The normalized spacial score (nSPS) is 13.4. The fraction of sp³-hybridized carbons (Fsp3) is 0.889. The summed E-state index contributed by atoms with van der Waals surface area (Å²) in [6, 6.07) is -7.86. The molecule has 0 fully saturated rings. The van der Waals surface area contributed by atoms with E-state index in [1.807, 2.05) is 0 Å². The largest absolute Gasteiger partial charge is 0.480 e. The van der Waals surface area contributed by atoms with E-state index < -0.39 is 96.3 Å². The molecule has 0 radical (unpaired) electrons. The lowest BCUT2D eigenvalue weighted by Crippen LogP contribution is -2.60. The molecule has 105 heavy (non-hydrogen) atoms. The SMILES string of the molecule is CCCCCCCCCCCCCCCC(=O)N[C@H](CSCC(COC(=O)CCCCCCCCCCCCCCC)OC(=O)CCCCCCCCCCCCCCC)C(=O)N[C@@H](CO)C(=O)N[C@@H](CCCCN)C(=O)N[C@@H](CCCCN)C(=O)N[C@@H](CCCCN)C(=O)N[C@@H](CCCCN)C(=O)O. The fourth-order valence-corrected chi connectivity index (χ4v) is 13.9. The number of rotatable bonds is 78. The molecule has 0 saturated carbocycles. The maximum absolute atomic E-state index is 14.5. The highest BCUT2D eigenvalue weighted by atomic mass is 32.2. The average molecular weight is 1510 g/mol. The Morgan fingerprint density at radius 3 is 0.914 bits per heavy atom. The topological polar surface area (TPSA) is 389 Å². The Bertz CT molecular complexity index is 2170. The van der Waals surface area contributed by atoms with Crippen molar-refractivity contribution in [3.05, 3.63) is 0 Å². The molecule has 0 heterocycles. The Morgan fingerprint density at radius 2 is 0.590 bits per heavy atom. The standard InChI is InChI=1S/C81H156N10O13S/c1-4-7-10-13-16-19-22-25-28-31-34-37-40-55-73(93)86-72(65-105-64-66(104-75(95)57-42-39-36-33-30-27-24-21-18-15-12-9-6-3)63-103-74(94)56-41-38-35-32-29-26-23-20-17-14-11-8-5-2)80(100)91-71(62-92)79(99)89-68(52-44-48-59-83)77(97)87-67(51-43-47-58-82)76(96)88-69(53-45-49-60-84)78(98)90-70(81(101)102)54-46-50-61-85/h66-72,92H,4-65,82-85H2,1-3H3,(H,86,93)(H,87,97)(H,88,96)(H,89,99)(H,90,98)(H,91,100)(H,101,102)/t66?,67-,68-,69-,70-,71-,72+/m0/s1. The Labute approximate surface area is 640 Å². The number of aliphatic hydroxyl groups is 1. The van der Waals surface area contributed by atoms with E-state index in [-0.39, 0.29) is 82.1 Å². The summed E-state index contributed by atoms with van der Waals surface area (Å²) in [5.41, 5.74) is 23.1. The zero-order valence-electron chi connectivity index (χ0n) is 66.5. The highest BCUT2D eigenvalue weighted by Crippen LogP contribution is 2.20. The summed E-state index contributed by atoms with van der Waals surface area (Å²) in [6.07, 6.45) is 48.7. The molecule has 0 aliphatic carbocycles. The van der Waals surface area contributed by atoms with Crippen molar-refractivity contribution in [1.82, 2.24) is 31.9 Å². The van der Waals surface area contributed by atoms with E-state index in [1.54, 1.807) is 0 Å². The quantitative estimate of drug-likeness (QED) is 0.0199. The van der Waals surface area contributed by atoms with Crippen LogP contribution in [0.3, 0.4) is 0 Å². The molecule has 0 rings (SSSR count). The van der Waals surface area contributed by atoms with Gasteiger partial charge < -0.3 is 74.5 Å². The van der Waals surface area contributed by atoms with Crippen molar-refractivity contribution in [1.29, 1.82) is 0 Å². The highest BCUT2D eigenvalue weighted by Gasteiger charge is 2.34. The van der Waals surface area contributed by atoms with Gasteiger partial charge in [0.15, 0.2) is 0 Å². The van der Waals surface area contributed by atoms with Gasteiger partial charge in [0.1, 0.15) is 49.0 Å². The van der Waals surface area contributed by atoms with E-state index in [4.69, 9.17) is 32.4 Å². The molecule has 24 heteroatoms. The van der Waals surface area contributed by atoms with Crippen LogP contribution in [0.25, 0.3) is 0 Å². The van der Waals surface area contributed by atoms with E-state index in [0.717, 1.165) is 64.2 Å². The molecule has 0 aromatic rings. The third-order valence-electron chi connectivity index (χ3n) is 19.6. The molecule has 7 atom stereocenters. The molecule has 0 bridgehead atoms. The second kappa shape index (κ2) is 73.5. The first kappa shape index (κ1) is 100. The third-order valence-corrected chi connectivity index (χ3v) is 20.7. The number of carbonyl (C=O) groups is 9. The van der Waals surface area contributed by atoms with E-state index in [1.165, 1.54) is 179 Å². The minimum atomic E-state index is -1.62. The van der Waals surface area contributed by atoms with Crippen LogP contribution in [-0.2, 0) is 52.6 Å². The van der Waals surface area contributed by atoms with Crippen LogP contribution < -0.4 is 54.8 Å². The Morgan fingerprint density at radius 1 is 0.314 bits per heavy atom. The summed E-state index contributed by atoms with van der Waals surface area (Å²) in [5.74, 6) is -6.35. The zero-order chi connectivity index (χ0) is 77.4. The fourth-order valence-electron chi connectivity index (χ4n) is 12.9. The highest BCUT2D eigenvalue weighted by molar-refractivity contribution is 7.99. The number of amides is 6. The van der Waals surface area contributed by atoms with Crippen LogP contribution in [0.5, 0.6) is 0 Å². The minimum absolute atomic E-state index is 0.0390. The van der Waals surface area contributed by atoms with Gasteiger partial charge in [0, 0.05) is 30.8 Å². The van der Waals surface area contributed by atoms with Gasteiger partial charge in [-0.1, -0.05) is 252 Å². The maximum atomic E-state index is 14.5. The first-order valence-electron chi connectivity index (χ1n) is 42.4. The van der Waals surface area contributed by atoms with Gasteiger partial charge in [-0.05, 0) is 122 Å². The number of carboxylic acids is 1. The predicted molar refractivity (Wildman–Crippen MR) is 427 cm³/mol. The van der Waals surface area contributed by atoms with Crippen LogP contribution in [0, 0.1) is 0 Å². The van der Waals surface area contributed by atoms with Gasteiger partial charge in [-0.15, -0.1) is 0 Å². The first-order valence-corrected chi connectivity index (χ1v) is 43.6. The molecule has 0 spiro atoms. The number of aliphatic carboxylic acids is 1. The van der Waals surface area contributed by atoms with Gasteiger partial charge in [0.05, 0.1) is 6.61 Å². The molecule has 16 N–H and O–H groups in total. The number of ether oxygens (including phenoxy) is 2. The van der Waals surface area contributed by atoms with Crippen molar-refractivity contribution < 1.29 is 62.8 Å². The molecule has 0 aromatic carbocycles. The monoisotopic (exact) mass is 1510 g/mol. The number of nitrogens with one attached hydrogen (secondary N) is 6. The van der Waals surface area contributed by atoms with Crippen LogP contribution in [0.15, 0.2) is 0 Å². The molecule has 0 aliphatic heterocycles. The molecule has 0 aromatic heterocycles. The maximum Gasteiger partial charge on any atom is 0.326 e. The summed E-state index contributed by atoms with van der Waals surface area (Å²) in [4.78, 5) is 124. The molecular weight excluding hydrogens is 1350 g/mol. The molecule has 23 nitrogen and oxygen atoms in total. The summed E-state index contributed by atoms with van der Waals surface area (Å²) >= 11 is 1.20. The lowest BCUT2D eigenvalue weighted by molar-refractivity contribution is -0.157. The van der Waals surface area contributed by atoms with Crippen LogP contribution >= 0.6 is 11.8 Å². The number of carbonyl (C=O) groups excluding carboxylic acids is 8. The van der Waals surface area contributed by atoms with Gasteiger partial charge in [0.25, 0.3) is 0 Å². The van der Waals surface area contributed by atoms with E-state index in [0.29, 0.717) is 83.7 Å². The van der Waals surface area contributed by atoms with Crippen molar-refractivity contribution in [2.24, 2.45) is 22.9 Å². The van der Waals surface area contributed by atoms with Gasteiger partial charge in [0.2, 0.25) is 35.4 Å².